The molecule has 0 bridgehead atoms. The molecule has 3 aromatic rings. The number of alkyl halides is 3. The monoisotopic (exact) mass is 503 g/mol. The van der Waals surface area contributed by atoms with E-state index in [0.29, 0.717) is 32.0 Å². The molecule has 188 valence electrons. The second-order valence-corrected chi connectivity index (χ2v) is 7.62. The molecule has 12 heteroatoms. The summed E-state index contributed by atoms with van der Waals surface area (Å²) < 4.78 is 63.3. The zero-order valence-corrected chi connectivity index (χ0v) is 18.8. The van der Waals surface area contributed by atoms with E-state index in [0.717, 1.165) is 30.1 Å². The van der Waals surface area contributed by atoms with E-state index in [-0.39, 0.29) is 17.2 Å². The Hall–Kier alpha value is -4.19. The van der Waals surface area contributed by atoms with Gasteiger partial charge in [0, 0.05) is 35.7 Å². The van der Waals surface area contributed by atoms with E-state index in [1.807, 2.05) is 12.1 Å². The Morgan fingerprint density at radius 2 is 1.92 bits per heavy atom. The molecule has 1 saturated heterocycles. The van der Waals surface area contributed by atoms with Crippen LogP contribution in [-0.4, -0.2) is 48.5 Å². The Morgan fingerprint density at radius 3 is 2.64 bits per heavy atom. The van der Waals surface area contributed by atoms with Crippen molar-refractivity contribution in [3.05, 3.63) is 67.1 Å². The molecule has 4 rings (SSSR count). The maximum atomic E-state index is 14.7. The lowest BCUT2D eigenvalue weighted by Gasteiger charge is -2.29. The van der Waals surface area contributed by atoms with Crippen molar-refractivity contribution in [1.29, 1.82) is 0 Å². The summed E-state index contributed by atoms with van der Waals surface area (Å²) in [7, 11) is 0. The molecule has 1 amide bonds. The van der Waals surface area contributed by atoms with E-state index in [1.54, 1.807) is 12.1 Å². The quantitative estimate of drug-likeness (QED) is 0.351. The number of halogens is 4. The summed E-state index contributed by atoms with van der Waals surface area (Å²) in [5.74, 6) is -2.35. The summed E-state index contributed by atoms with van der Waals surface area (Å²) in [6, 6.07) is 10.7. The van der Waals surface area contributed by atoms with Crippen molar-refractivity contribution in [2.24, 2.45) is 0 Å². The molecule has 0 aliphatic carbocycles. The molecule has 0 atom stereocenters. The van der Waals surface area contributed by atoms with E-state index >= 15 is 0 Å². The lowest BCUT2D eigenvalue weighted by Crippen LogP contribution is -2.36. The number of morpholine rings is 1. The van der Waals surface area contributed by atoms with Gasteiger partial charge in [-0.25, -0.2) is 14.4 Å². The molecule has 1 aromatic heterocycles. The first-order chi connectivity index (χ1) is 17.2. The molecular weight excluding hydrogens is 482 g/mol. The highest BCUT2D eigenvalue weighted by Gasteiger charge is 2.33. The van der Waals surface area contributed by atoms with Crippen molar-refractivity contribution in [3.8, 4) is 17.0 Å². The lowest BCUT2D eigenvalue weighted by molar-refractivity contribution is -0.274. The fraction of sp³-hybridized carbons (Fsp3) is 0.208. The van der Waals surface area contributed by atoms with Gasteiger partial charge in [-0.05, 0) is 42.5 Å². The van der Waals surface area contributed by atoms with Crippen molar-refractivity contribution in [2.45, 2.75) is 6.36 Å². The summed E-state index contributed by atoms with van der Waals surface area (Å²) in [5, 5.41) is 5.37. The standard InChI is InChI=1S/C24H21F4N5O3/c1-2-21(34)30-16-6-7-19(25)18(13-16)22-20(36-24(26,27)28)14-29-23(32-22)31-15-4-3-5-17(12-15)33-8-10-35-11-9-33/h2-7,12-14H,1,8-11H2,(H,30,34)(H,29,31,32). The molecule has 8 nitrogen and oxygen atoms in total. The van der Waals surface area contributed by atoms with Gasteiger partial charge in [0.25, 0.3) is 0 Å². The first kappa shape index (κ1) is 24.9. The van der Waals surface area contributed by atoms with Gasteiger partial charge < -0.3 is 25.0 Å². The Kier molecular flexibility index (Phi) is 7.34. The highest BCUT2D eigenvalue weighted by molar-refractivity contribution is 5.99. The van der Waals surface area contributed by atoms with Gasteiger partial charge in [-0.15, -0.1) is 13.2 Å². The number of benzene rings is 2. The Balaban J connectivity index is 1.69. The molecule has 0 spiro atoms. The zero-order valence-electron chi connectivity index (χ0n) is 18.8. The molecule has 2 aromatic carbocycles. The predicted molar refractivity (Wildman–Crippen MR) is 126 cm³/mol. The molecule has 2 N–H and O–H groups in total. The average molecular weight is 503 g/mol. The zero-order chi connectivity index (χ0) is 25.7. The molecule has 0 radical (unpaired) electrons. The third-order valence-electron chi connectivity index (χ3n) is 5.13. The van der Waals surface area contributed by atoms with Gasteiger partial charge in [-0.2, -0.15) is 0 Å². The van der Waals surface area contributed by atoms with Gasteiger partial charge >= 0.3 is 6.36 Å². The highest BCUT2D eigenvalue weighted by atomic mass is 19.4. The summed E-state index contributed by atoms with van der Waals surface area (Å²) in [6.07, 6.45) is -3.26. The van der Waals surface area contributed by atoms with Gasteiger partial charge in [-0.1, -0.05) is 12.6 Å². The number of carbonyl (C=O) groups is 1. The van der Waals surface area contributed by atoms with Crippen LogP contribution in [0.5, 0.6) is 5.75 Å². The second-order valence-electron chi connectivity index (χ2n) is 7.62. The van der Waals surface area contributed by atoms with Crippen molar-refractivity contribution < 1.29 is 31.8 Å². The van der Waals surface area contributed by atoms with E-state index in [1.165, 1.54) is 6.07 Å². The van der Waals surface area contributed by atoms with Crippen LogP contribution in [0.1, 0.15) is 0 Å². The third kappa shape index (κ3) is 6.27. The number of carbonyl (C=O) groups excluding carboxylic acids is 1. The predicted octanol–water partition coefficient (Wildman–Crippen LogP) is 4.89. The molecule has 1 aliphatic rings. The Labute approximate surface area is 203 Å². The summed E-state index contributed by atoms with van der Waals surface area (Å²) in [4.78, 5) is 21.8. The largest absolute Gasteiger partial charge is 0.573 e. The van der Waals surface area contributed by atoms with Crippen molar-refractivity contribution in [3.63, 3.8) is 0 Å². The first-order valence-electron chi connectivity index (χ1n) is 10.8. The Morgan fingerprint density at radius 1 is 1.14 bits per heavy atom. The fourth-order valence-electron chi connectivity index (χ4n) is 3.53. The molecular formula is C24H21F4N5O3. The van der Waals surface area contributed by atoms with E-state index < -0.39 is 29.5 Å². The molecule has 2 heterocycles. The smallest absolute Gasteiger partial charge is 0.402 e. The van der Waals surface area contributed by atoms with Crippen LogP contribution in [0.2, 0.25) is 0 Å². The molecule has 1 aliphatic heterocycles. The van der Waals surface area contributed by atoms with E-state index in [9.17, 15) is 22.4 Å². The minimum atomic E-state index is -5.06. The topological polar surface area (TPSA) is 88.6 Å². The van der Waals surface area contributed by atoms with Gasteiger partial charge in [0.2, 0.25) is 11.9 Å². The van der Waals surface area contributed by atoms with Gasteiger partial charge in [0.05, 0.1) is 19.4 Å². The maximum absolute atomic E-state index is 14.7. The Bertz CT molecular complexity index is 1260. The van der Waals surface area contributed by atoms with Crippen LogP contribution >= 0.6 is 0 Å². The van der Waals surface area contributed by atoms with Gasteiger partial charge in [0.1, 0.15) is 11.5 Å². The van der Waals surface area contributed by atoms with Crippen LogP contribution in [0.3, 0.4) is 0 Å². The first-order valence-corrected chi connectivity index (χ1v) is 10.8. The number of rotatable bonds is 7. The van der Waals surface area contributed by atoms with E-state index in [4.69, 9.17) is 4.74 Å². The highest BCUT2D eigenvalue weighted by Crippen LogP contribution is 2.36. The van der Waals surface area contributed by atoms with E-state index in [2.05, 4.69) is 36.8 Å². The van der Waals surface area contributed by atoms with Crippen LogP contribution in [0.15, 0.2) is 61.3 Å². The number of amides is 1. The maximum Gasteiger partial charge on any atom is 0.573 e. The van der Waals surface area contributed by atoms with Crippen LogP contribution in [-0.2, 0) is 9.53 Å². The SMILES string of the molecule is C=CC(=O)Nc1ccc(F)c(-c2nc(Nc3cccc(N4CCOCC4)c3)ncc2OC(F)(F)F)c1. The molecule has 1 fully saturated rings. The summed E-state index contributed by atoms with van der Waals surface area (Å²) in [5.41, 5.74) is 0.824. The van der Waals surface area contributed by atoms with Crippen LogP contribution < -0.4 is 20.3 Å². The fourth-order valence-corrected chi connectivity index (χ4v) is 3.53. The number of aromatic nitrogens is 2. The van der Waals surface area contributed by atoms with Crippen LogP contribution in [0.4, 0.5) is 40.6 Å². The summed E-state index contributed by atoms with van der Waals surface area (Å²) >= 11 is 0. The van der Waals surface area contributed by atoms with Crippen LogP contribution in [0.25, 0.3) is 11.3 Å². The van der Waals surface area contributed by atoms with Gasteiger partial charge in [0.15, 0.2) is 5.75 Å². The normalized spacial score (nSPS) is 13.7. The van der Waals surface area contributed by atoms with Crippen molar-refractivity contribution in [1.82, 2.24) is 9.97 Å². The number of hydrogen-bond acceptors (Lipinski definition) is 7. The number of nitrogens with zero attached hydrogens (tertiary/aromatic N) is 3. The molecule has 0 saturated carbocycles. The van der Waals surface area contributed by atoms with Crippen molar-refractivity contribution in [2.75, 3.05) is 41.8 Å². The summed E-state index contributed by atoms with van der Waals surface area (Å²) in [6.45, 7) is 5.96. The van der Waals surface area contributed by atoms with Gasteiger partial charge in [-0.3, -0.25) is 4.79 Å². The molecule has 0 unspecified atom stereocenters. The number of nitrogens with one attached hydrogen (secondary N) is 2. The minimum Gasteiger partial charge on any atom is -0.402 e. The third-order valence-corrected chi connectivity index (χ3v) is 5.13. The number of anilines is 4. The molecule has 36 heavy (non-hydrogen) atoms. The van der Waals surface area contributed by atoms with Crippen LogP contribution in [0, 0.1) is 5.82 Å². The second kappa shape index (κ2) is 10.6. The number of hydrogen-bond donors (Lipinski definition) is 2. The number of ether oxygens (including phenoxy) is 2. The lowest BCUT2D eigenvalue weighted by atomic mass is 10.1. The average Bonchev–Trinajstić information content (AvgIpc) is 2.86. The minimum absolute atomic E-state index is 0.0846. The van der Waals surface area contributed by atoms with Crippen molar-refractivity contribution >= 4 is 28.9 Å².